The number of carbonyl (C=O) groups is 4. The molecule has 5 N–H and O–H groups in total. The lowest BCUT2D eigenvalue weighted by atomic mass is 10.2. The fourth-order valence-electron chi connectivity index (χ4n) is 1.58. The number of nitrogens with one attached hydrogen (secondary N) is 1. The van der Waals surface area contributed by atoms with E-state index in [-0.39, 0.29) is 12.5 Å². The first kappa shape index (κ1) is 19.6. The van der Waals surface area contributed by atoms with Gasteiger partial charge in [0.2, 0.25) is 0 Å². The van der Waals surface area contributed by atoms with Crippen LogP contribution in [0.2, 0.25) is 0 Å². The number of carboxylic acid groups (broad SMARTS) is 3. The summed E-state index contributed by atoms with van der Waals surface area (Å²) in [5, 5.41) is 37.4. The summed E-state index contributed by atoms with van der Waals surface area (Å²) in [7, 11) is 0. The van der Waals surface area contributed by atoms with E-state index in [4.69, 9.17) is 15.3 Å². The number of hydrogen-bond acceptors (Lipinski definition) is 5. The molecular weight excluding hydrogens is 300 g/mol. The molecule has 0 saturated carbocycles. The highest BCUT2D eigenvalue weighted by molar-refractivity contribution is 5.86. The maximum absolute atomic E-state index is 12.0. The summed E-state index contributed by atoms with van der Waals surface area (Å²) in [6.45, 7) is 2.99. The van der Waals surface area contributed by atoms with Crippen molar-refractivity contribution in [1.29, 1.82) is 0 Å². The van der Waals surface area contributed by atoms with Gasteiger partial charge in [0.25, 0.3) is 0 Å². The predicted octanol–water partition coefficient (Wildman–Crippen LogP) is -0.973. The predicted molar refractivity (Wildman–Crippen MR) is 72.3 cm³/mol. The Morgan fingerprint density at radius 2 is 1.55 bits per heavy atom. The van der Waals surface area contributed by atoms with Crippen LogP contribution in [0.1, 0.15) is 20.3 Å². The maximum Gasteiger partial charge on any atom is 0.334 e. The molecule has 0 aromatic carbocycles. The summed E-state index contributed by atoms with van der Waals surface area (Å²) in [5.41, 5.74) is 0. The Morgan fingerprint density at radius 3 is 1.91 bits per heavy atom. The second-order valence-corrected chi connectivity index (χ2v) is 5.09. The standard InChI is InChI=1S/C12H20N2O8/c1-6(2)4-14(5-8(15)11(20)21)12(22)13-7(10(18)19)3-9(16)17/h6-8,15H,3-5H2,1-2H3,(H,13,22)(H,16,17)(H,18,19)(H,20,21)/t7-,8?/m0/s1. The first-order chi connectivity index (χ1) is 10.0. The van der Waals surface area contributed by atoms with Crippen LogP contribution < -0.4 is 5.32 Å². The number of rotatable bonds is 9. The Balaban J connectivity index is 4.96. The summed E-state index contributed by atoms with van der Waals surface area (Å²) in [5.74, 6) is -4.54. The number of nitrogens with zero attached hydrogens (tertiary/aromatic N) is 1. The first-order valence-electron chi connectivity index (χ1n) is 6.45. The topological polar surface area (TPSA) is 164 Å². The lowest BCUT2D eigenvalue weighted by molar-refractivity contribution is -0.147. The number of aliphatic hydroxyl groups excluding tert-OH is 1. The van der Waals surface area contributed by atoms with Crippen molar-refractivity contribution in [2.45, 2.75) is 32.4 Å². The highest BCUT2D eigenvalue weighted by Crippen LogP contribution is 2.03. The van der Waals surface area contributed by atoms with Gasteiger partial charge in [0.15, 0.2) is 6.10 Å². The molecule has 0 saturated heterocycles. The minimum absolute atomic E-state index is 0.0651. The molecule has 10 nitrogen and oxygen atoms in total. The van der Waals surface area contributed by atoms with Crippen molar-refractivity contribution in [3.05, 3.63) is 0 Å². The van der Waals surface area contributed by atoms with E-state index in [1.165, 1.54) is 0 Å². The van der Waals surface area contributed by atoms with Crippen molar-refractivity contribution >= 4 is 23.9 Å². The van der Waals surface area contributed by atoms with Gasteiger partial charge in [-0.2, -0.15) is 0 Å². The van der Waals surface area contributed by atoms with E-state index in [9.17, 15) is 24.3 Å². The molecule has 0 heterocycles. The van der Waals surface area contributed by atoms with Crippen molar-refractivity contribution in [3.8, 4) is 0 Å². The molecule has 2 amide bonds. The quantitative estimate of drug-likeness (QED) is 0.362. The van der Waals surface area contributed by atoms with Crippen molar-refractivity contribution in [3.63, 3.8) is 0 Å². The van der Waals surface area contributed by atoms with Crippen molar-refractivity contribution in [1.82, 2.24) is 10.2 Å². The Labute approximate surface area is 126 Å². The van der Waals surface area contributed by atoms with Crippen molar-refractivity contribution < 1.29 is 39.6 Å². The smallest absolute Gasteiger partial charge is 0.334 e. The highest BCUT2D eigenvalue weighted by atomic mass is 16.4. The fraction of sp³-hybridized carbons (Fsp3) is 0.667. The highest BCUT2D eigenvalue weighted by Gasteiger charge is 2.28. The normalized spacial score (nSPS) is 13.3. The summed E-state index contributed by atoms with van der Waals surface area (Å²) in [6, 6.07) is -2.61. The fourth-order valence-corrected chi connectivity index (χ4v) is 1.58. The maximum atomic E-state index is 12.0. The van der Waals surface area contributed by atoms with Crippen LogP contribution in [0, 0.1) is 5.92 Å². The Morgan fingerprint density at radius 1 is 1.00 bits per heavy atom. The minimum Gasteiger partial charge on any atom is -0.481 e. The van der Waals surface area contributed by atoms with E-state index in [1.807, 2.05) is 5.32 Å². The molecule has 22 heavy (non-hydrogen) atoms. The van der Waals surface area contributed by atoms with Crippen LogP contribution in [0.5, 0.6) is 0 Å². The molecule has 0 aromatic heterocycles. The molecule has 10 heteroatoms. The van der Waals surface area contributed by atoms with E-state index < -0.39 is 49.1 Å². The molecule has 0 spiro atoms. The van der Waals surface area contributed by atoms with Gasteiger partial charge < -0.3 is 30.6 Å². The molecule has 0 rings (SSSR count). The van der Waals surface area contributed by atoms with Crippen molar-refractivity contribution in [2.24, 2.45) is 5.92 Å². The van der Waals surface area contributed by atoms with E-state index >= 15 is 0 Å². The van der Waals surface area contributed by atoms with Crippen LogP contribution in [0.3, 0.4) is 0 Å². The average molecular weight is 320 g/mol. The van der Waals surface area contributed by atoms with Gasteiger partial charge >= 0.3 is 23.9 Å². The zero-order valence-corrected chi connectivity index (χ0v) is 12.2. The number of carboxylic acids is 3. The Hall–Kier alpha value is -2.36. The van der Waals surface area contributed by atoms with Gasteiger partial charge in [-0.3, -0.25) is 4.79 Å². The van der Waals surface area contributed by atoms with Gasteiger partial charge in [0, 0.05) is 6.54 Å². The molecule has 0 aromatic rings. The zero-order valence-electron chi connectivity index (χ0n) is 12.2. The van der Waals surface area contributed by atoms with Gasteiger partial charge in [-0.1, -0.05) is 13.8 Å². The molecule has 0 aliphatic rings. The monoisotopic (exact) mass is 320 g/mol. The molecule has 0 fully saturated rings. The van der Waals surface area contributed by atoms with Crippen LogP contribution in [0.15, 0.2) is 0 Å². The van der Waals surface area contributed by atoms with E-state index in [1.54, 1.807) is 13.8 Å². The van der Waals surface area contributed by atoms with Crippen LogP contribution >= 0.6 is 0 Å². The van der Waals surface area contributed by atoms with Crippen LogP contribution in [-0.2, 0) is 14.4 Å². The van der Waals surface area contributed by atoms with Crippen LogP contribution in [-0.4, -0.2) is 74.5 Å². The van der Waals surface area contributed by atoms with Gasteiger partial charge in [-0.05, 0) is 5.92 Å². The molecular formula is C12H20N2O8. The number of amides is 2. The third-order valence-corrected chi connectivity index (χ3v) is 2.53. The van der Waals surface area contributed by atoms with E-state index in [0.29, 0.717) is 0 Å². The summed E-state index contributed by atoms with van der Waals surface area (Å²) < 4.78 is 0. The second-order valence-electron chi connectivity index (χ2n) is 5.09. The number of aliphatic carboxylic acids is 3. The largest absolute Gasteiger partial charge is 0.481 e. The third kappa shape index (κ3) is 7.43. The van der Waals surface area contributed by atoms with Gasteiger partial charge in [0.1, 0.15) is 6.04 Å². The number of hydrogen-bond donors (Lipinski definition) is 5. The molecule has 0 radical (unpaired) electrons. The number of aliphatic hydroxyl groups is 1. The van der Waals surface area contributed by atoms with Crippen molar-refractivity contribution in [2.75, 3.05) is 13.1 Å². The van der Waals surface area contributed by atoms with Crippen LogP contribution in [0.4, 0.5) is 4.79 Å². The molecule has 1 unspecified atom stereocenters. The average Bonchev–Trinajstić information content (AvgIpc) is 2.35. The van der Waals surface area contributed by atoms with E-state index in [2.05, 4.69) is 0 Å². The third-order valence-electron chi connectivity index (χ3n) is 2.53. The Bertz CT molecular complexity index is 437. The second kappa shape index (κ2) is 8.82. The SMILES string of the molecule is CC(C)CN(CC(O)C(=O)O)C(=O)N[C@@H](CC(=O)O)C(=O)O. The lowest BCUT2D eigenvalue weighted by Crippen LogP contribution is -2.52. The Kier molecular flexibility index (Phi) is 7.88. The minimum atomic E-state index is -1.83. The van der Waals surface area contributed by atoms with Crippen LogP contribution in [0.25, 0.3) is 0 Å². The molecule has 0 aliphatic heterocycles. The summed E-state index contributed by atoms with van der Waals surface area (Å²) >= 11 is 0. The zero-order chi connectivity index (χ0) is 17.4. The molecule has 126 valence electrons. The summed E-state index contributed by atoms with van der Waals surface area (Å²) in [6.07, 6.45) is -2.65. The molecule has 0 bridgehead atoms. The summed E-state index contributed by atoms with van der Waals surface area (Å²) in [4.78, 5) is 45.0. The van der Waals surface area contributed by atoms with Gasteiger partial charge in [-0.25, -0.2) is 14.4 Å². The molecule has 2 atom stereocenters. The number of urea groups is 1. The number of carbonyl (C=O) groups excluding carboxylic acids is 1. The lowest BCUT2D eigenvalue weighted by Gasteiger charge is -2.27. The first-order valence-corrected chi connectivity index (χ1v) is 6.45. The molecule has 0 aliphatic carbocycles. The van der Waals surface area contributed by atoms with Gasteiger partial charge in [-0.15, -0.1) is 0 Å². The van der Waals surface area contributed by atoms with Gasteiger partial charge in [0.05, 0.1) is 13.0 Å². The van der Waals surface area contributed by atoms with E-state index in [0.717, 1.165) is 4.90 Å².